The zero-order valence-electron chi connectivity index (χ0n) is 12.7. The van der Waals surface area contributed by atoms with Crippen molar-refractivity contribution >= 4 is 11.8 Å². The largest absolute Gasteiger partial charge is 0.459 e. The Kier molecular flexibility index (Phi) is 5.38. The van der Waals surface area contributed by atoms with Gasteiger partial charge in [0.1, 0.15) is 0 Å². The molecular formula is C15H23N3O3. The molecule has 1 aromatic heterocycles. The second-order valence-corrected chi connectivity index (χ2v) is 5.68. The fraction of sp³-hybridized carbons (Fsp3) is 0.600. The third-order valence-electron chi connectivity index (χ3n) is 3.48. The number of hydrogen-bond donors (Lipinski definition) is 1. The van der Waals surface area contributed by atoms with Crippen LogP contribution in [0.25, 0.3) is 0 Å². The van der Waals surface area contributed by atoms with Crippen molar-refractivity contribution in [2.75, 3.05) is 39.3 Å². The predicted octanol–water partition coefficient (Wildman–Crippen LogP) is 0.810. The van der Waals surface area contributed by atoms with Crippen molar-refractivity contribution in [3.05, 3.63) is 24.2 Å². The van der Waals surface area contributed by atoms with Crippen molar-refractivity contribution in [1.82, 2.24) is 15.1 Å². The molecule has 0 radical (unpaired) electrons. The Morgan fingerprint density at radius 3 is 2.48 bits per heavy atom. The van der Waals surface area contributed by atoms with Crippen LogP contribution in [0.4, 0.5) is 0 Å². The number of nitrogens with zero attached hydrogens (tertiary/aromatic N) is 2. The Hall–Kier alpha value is -1.82. The molecule has 1 aromatic rings. The highest BCUT2D eigenvalue weighted by Gasteiger charge is 2.25. The maximum Gasteiger partial charge on any atom is 0.289 e. The average Bonchev–Trinajstić information content (AvgIpc) is 3.00. The summed E-state index contributed by atoms with van der Waals surface area (Å²) in [6.45, 7) is 7.67. The fourth-order valence-corrected chi connectivity index (χ4v) is 2.29. The van der Waals surface area contributed by atoms with E-state index in [2.05, 4.69) is 19.2 Å². The van der Waals surface area contributed by atoms with E-state index in [4.69, 9.17) is 4.42 Å². The van der Waals surface area contributed by atoms with E-state index < -0.39 is 0 Å². The Labute approximate surface area is 125 Å². The summed E-state index contributed by atoms with van der Waals surface area (Å²) < 4.78 is 5.12. The molecule has 1 fully saturated rings. The lowest BCUT2D eigenvalue weighted by Crippen LogP contribution is -2.52. The van der Waals surface area contributed by atoms with Crippen LogP contribution in [0.15, 0.2) is 22.8 Å². The second-order valence-electron chi connectivity index (χ2n) is 5.68. The number of carbonyl (C=O) groups is 2. The minimum absolute atomic E-state index is 0.0979. The number of piperazine rings is 1. The molecule has 6 nitrogen and oxygen atoms in total. The minimum Gasteiger partial charge on any atom is -0.459 e. The first-order valence-corrected chi connectivity index (χ1v) is 7.39. The number of carbonyl (C=O) groups excluding carboxylic acids is 2. The van der Waals surface area contributed by atoms with Crippen LogP contribution in [0.3, 0.4) is 0 Å². The quantitative estimate of drug-likeness (QED) is 0.872. The van der Waals surface area contributed by atoms with Gasteiger partial charge >= 0.3 is 0 Å². The van der Waals surface area contributed by atoms with Gasteiger partial charge in [0.25, 0.3) is 5.91 Å². The molecule has 0 saturated carbocycles. The summed E-state index contributed by atoms with van der Waals surface area (Å²) in [7, 11) is 0. The molecule has 0 aliphatic carbocycles. The summed E-state index contributed by atoms with van der Waals surface area (Å²) in [6, 6.07) is 3.36. The van der Waals surface area contributed by atoms with Crippen LogP contribution in [0, 0.1) is 5.92 Å². The van der Waals surface area contributed by atoms with Gasteiger partial charge in [-0.2, -0.15) is 0 Å². The van der Waals surface area contributed by atoms with Gasteiger partial charge in [0.05, 0.1) is 12.8 Å². The third-order valence-corrected chi connectivity index (χ3v) is 3.48. The number of rotatable bonds is 5. The van der Waals surface area contributed by atoms with E-state index in [1.807, 2.05) is 0 Å². The third kappa shape index (κ3) is 4.32. The van der Waals surface area contributed by atoms with E-state index in [0.717, 1.165) is 6.54 Å². The standard InChI is InChI=1S/C15H23N3O3/c1-12(2)10-16-11-14(19)17-5-7-18(8-6-17)15(20)13-4-3-9-21-13/h3-4,9,12,16H,5-8,10-11H2,1-2H3. The SMILES string of the molecule is CC(C)CNCC(=O)N1CCN(C(=O)c2ccco2)CC1. The van der Waals surface area contributed by atoms with E-state index in [1.54, 1.807) is 21.9 Å². The highest BCUT2D eigenvalue weighted by atomic mass is 16.3. The zero-order chi connectivity index (χ0) is 15.2. The van der Waals surface area contributed by atoms with Crippen LogP contribution in [0.2, 0.25) is 0 Å². The van der Waals surface area contributed by atoms with Crippen LogP contribution in [0.5, 0.6) is 0 Å². The van der Waals surface area contributed by atoms with Gasteiger partial charge in [0.2, 0.25) is 5.91 Å². The van der Waals surface area contributed by atoms with Crippen molar-refractivity contribution < 1.29 is 14.0 Å². The van der Waals surface area contributed by atoms with Gasteiger partial charge in [-0.25, -0.2) is 0 Å². The van der Waals surface area contributed by atoms with Crippen molar-refractivity contribution in [2.45, 2.75) is 13.8 Å². The smallest absolute Gasteiger partial charge is 0.289 e. The van der Waals surface area contributed by atoms with Crippen molar-refractivity contribution in [3.8, 4) is 0 Å². The van der Waals surface area contributed by atoms with Crippen LogP contribution < -0.4 is 5.32 Å². The highest BCUT2D eigenvalue weighted by molar-refractivity contribution is 5.91. The number of amides is 2. The maximum absolute atomic E-state index is 12.1. The summed E-state index contributed by atoms with van der Waals surface area (Å²) in [5.41, 5.74) is 0. The topological polar surface area (TPSA) is 65.8 Å². The Morgan fingerprint density at radius 1 is 1.24 bits per heavy atom. The highest BCUT2D eigenvalue weighted by Crippen LogP contribution is 2.09. The van der Waals surface area contributed by atoms with Gasteiger partial charge in [0, 0.05) is 26.2 Å². The number of furan rings is 1. The Morgan fingerprint density at radius 2 is 1.90 bits per heavy atom. The molecule has 2 rings (SSSR count). The van der Waals surface area contributed by atoms with Gasteiger partial charge < -0.3 is 19.5 Å². The molecule has 1 saturated heterocycles. The van der Waals surface area contributed by atoms with Crippen LogP contribution in [-0.4, -0.2) is 60.9 Å². The van der Waals surface area contributed by atoms with E-state index in [0.29, 0.717) is 44.4 Å². The lowest BCUT2D eigenvalue weighted by atomic mass is 10.2. The lowest BCUT2D eigenvalue weighted by molar-refractivity contribution is -0.131. The average molecular weight is 293 g/mol. The monoisotopic (exact) mass is 293 g/mol. The molecule has 0 atom stereocenters. The van der Waals surface area contributed by atoms with E-state index in [-0.39, 0.29) is 11.8 Å². The summed E-state index contributed by atoms with van der Waals surface area (Å²) in [4.78, 5) is 27.7. The number of nitrogens with one attached hydrogen (secondary N) is 1. The molecule has 1 aliphatic rings. The van der Waals surface area contributed by atoms with Crippen molar-refractivity contribution in [2.24, 2.45) is 5.92 Å². The van der Waals surface area contributed by atoms with Crippen LogP contribution in [0.1, 0.15) is 24.4 Å². The van der Waals surface area contributed by atoms with Gasteiger partial charge in [0.15, 0.2) is 5.76 Å². The van der Waals surface area contributed by atoms with Gasteiger partial charge in [-0.3, -0.25) is 9.59 Å². The Balaban J connectivity index is 1.75. The molecule has 2 heterocycles. The zero-order valence-corrected chi connectivity index (χ0v) is 12.7. The maximum atomic E-state index is 12.1. The molecule has 6 heteroatoms. The van der Waals surface area contributed by atoms with Gasteiger partial charge in [-0.1, -0.05) is 13.8 Å². The van der Waals surface area contributed by atoms with Gasteiger partial charge in [-0.15, -0.1) is 0 Å². The van der Waals surface area contributed by atoms with E-state index in [9.17, 15) is 9.59 Å². The van der Waals surface area contributed by atoms with E-state index >= 15 is 0 Å². The van der Waals surface area contributed by atoms with Crippen molar-refractivity contribution in [3.63, 3.8) is 0 Å². The number of hydrogen-bond acceptors (Lipinski definition) is 4. The summed E-state index contributed by atoms with van der Waals surface area (Å²) in [5.74, 6) is 0.875. The first-order valence-electron chi connectivity index (χ1n) is 7.39. The molecular weight excluding hydrogens is 270 g/mol. The molecule has 1 N–H and O–H groups in total. The molecule has 2 amide bonds. The molecule has 0 spiro atoms. The summed E-state index contributed by atoms with van der Waals surface area (Å²) in [6.07, 6.45) is 1.49. The normalized spacial score (nSPS) is 15.6. The first-order chi connectivity index (χ1) is 10.1. The van der Waals surface area contributed by atoms with E-state index in [1.165, 1.54) is 6.26 Å². The fourth-order valence-electron chi connectivity index (χ4n) is 2.29. The molecule has 0 aromatic carbocycles. The predicted molar refractivity (Wildman–Crippen MR) is 78.9 cm³/mol. The Bertz CT molecular complexity index is 463. The molecule has 1 aliphatic heterocycles. The van der Waals surface area contributed by atoms with Crippen LogP contribution in [-0.2, 0) is 4.79 Å². The van der Waals surface area contributed by atoms with Crippen molar-refractivity contribution in [1.29, 1.82) is 0 Å². The molecule has 0 unspecified atom stereocenters. The summed E-state index contributed by atoms with van der Waals surface area (Å²) in [5, 5.41) is 3.15. The minimum atomic E-state index is -0.106. The summed E-state index contributed by atoms with van der Waals surface area (Å²) >= 11 is 0. The van der Waals surface area contributed by atoms with Gasteiger partial charge in [-0.05, 0) is 24.6 Å². The molecule has 116 valence electrons. The van der Waals surface area contributed by atoms with Crippen LogP contribution >= 0.6 is 0 Å². The first kappa shape index (κ1) is 15.6. The molecule has 21 heavy (non-hydrogen) atoms. The lowest BCUT2D eigenvalue weighted by Gasteiger charge is -2.34. The molecule has 0 bridgehead atoms. The second kappa shape index (κ2) is 7.26.